The topological polar surface area (TPSA) is 72.7 Å². The molecule has 3 aromatic rings. The number of aromatic nitrogens is 4. The van der Waals surface area contributed by atoms with Gasteiger partial charge in [0.05, 0.1) is 28.7 Å². The van der Waals surface area contributed by atoms with Gasteiger partial charge in [-0.05, 0) is 41.9 Å². The number of thiophene rings is 1. The van der Waals surface area contributed by atoms with Gasteiger partial charge in [-0.1, -0.05) is 0 Å². The van der Waals surface area contributed by atoms with Gasteiger partial charge in [0.1, 0.15) is 0 Å². The lowest BCUT2D eigenvalue weighted by atomic mass is 10.4. The summed E-state index contributed by atoms with van der Waals surface area (Å²) in [6.07, 6.45) is 3.14. The number of nitrogens with zero attached hydrogens (tertiary/aromatic N) is 4. The molecule has 0 aromatic carbocycles. The largest absolute Gasteiger partial charge is 0.319 e. The number of anilines is 1. The average Bonchev–Trinajstić information content (AvgIpc) is 3.05. The van der Waals surface area contributed by atoms with Gasteiger partial charge in [0.2, 0.25) is 0 Å². The SMILES string of the molecule is Cc1cc(C)n(-c2ncc(NC(=O)c3cc(Br)cs3)cn2)n1. The van der Waals surface area contributed by atoms with Gasteiger partial charge < -0.3 is 5.32 Å². The third-order valence-corrected chi connectivity index (χ3v) is 4.58. The van der Waals surface area contributed by atoms with E-state index >= 15 is 0 Å². The molecule has 112 valence electrons. The van der Waals surface area contributed by atoms with Gasteiger partial charge in [-0.25, -0.2) is 14.6 Å². The molecule has 0 radical (unpaired) electrons. The monoisotopic (exact) mass is 377 g/mol. The van der Waals surface area contributed by atoms with Crippen LogP contribution in [0.1, 0.15) is 21.1 Å². The molecule has 0 aliphatic carbocycles. The molecule has 0 spiro atoms. The molecule has 0 aliphatic heterocycles. The van der Waals surface area contributed by atoms with Crippen molar-refractivity contribution in [1.82, 2.24) is 19.7 Å². The molecule has 0 fully saturated rings. The highest BCUT2D eigenvalue weighted by molar-refractivity contribution is 9.10. The van der Waals surface area contributed by atoms with Crippen LogP contribution in [0.25, 0.3) is 5.95 Å². The Balaban J connectivity index is 1.77. The average molecular weight is 378 g/mol. The summed E-state index contributed by atoms with van der Waals surface area (Å²) in [5.41, 5.74) is 2.40. The van der Waals surface area contributed by atoms with Gasteiger partial charge in [0.25, 0.3) is 11.9 Å². The first kappa shape index (κ1) is 14.9. The lowest BCUT2D eigenvalue weighted by Gasteiger charge is -2.05. The minimum atomic E-state index is -0.182. The first-order chi connectivity index (χ1) is 10.5. The summed E-state index contributed by atoms with van der Waals surface area (Å²) < 4.78 is 2.55. The van der Waals surface area contributed by atoms with Gasteiger partial charge >= 0.3 is 0 Å². The van der Waals surface area contributed by atoms with Gasteiger partial charge in [-0.3, -0.25) is 4.79 Å². The van der Waals surface area contributed by atoms with E-state index in [4.69, 9.17) is 0 Å². The Hall–Kier alpha value is -2.06. The van der Waals surface area contributed by atoms with Crippen molar-refractivity contribution in [3.8, 4) is 5.95 Å². The van der Waals surface area contributed by atoms with Crippen molar-refractivity contribution in [2.24, 2.45) is 0 Å². The van der Waals surface area contributed by atoms with Gasteiger partial charge in [-0.2, -0.15) is 5.10 Å². The van der Waals surface area contributed by atoms with Crippen molar-refractivity contribution in [2.75, 3.05) is 5.32 Å². The summed E-state index contributed by atoms with van der Waals surface area (Å²) >= 11 is 4.69. The second kappa shape index (κ2) is 5.98. The summed E-state index contributed by atoms with van der Waals surface area (Å²) in [6, 6.07) is 3.72. The van der Waals surface area contributed by atoms with E-state index in [1.807, 2.05) is 25.3 Å². The van der Waals surface area contributed by atoms with Crippen LogP contribution >= 0.6 is 27.3 Å². The molecule has 0 aliphatic rings. The molecule has 6 nitrogen and oxygen atoms in total. The molecule has 1 amide bonds. The molecule has 1 N–H and O–H groups in total. The highest BCUT2D eigenvalue weighted by atomic mass is 79.9. The fourth-order valence-corrected chi connectivity index (χ4v) is 3.27. The maximum Gasteiger partial charge on any atom is 0.265 e. The molecule has 0 saturated carbocycles. The third-order valence-electron chi connectivity index (χ3n) is 2.89. The van der Waals surface area contributed by atoms with Crippen LogP contribution in [-0.2, 0) is 0 Å². The van der Waals surface area contributed by atoms with Crippen LogP contribution in [0.3, 0.4) is 0 Å². The van der Waals surface area contributed by atoms with E-state index in [-0.39, 0.29) is 5.91 Å². The first-order valence-electron chi connectivity index (χ1n) is 6.44. The summed E-state index contributed by atoms with van der Waals surface area (Å²) in [5, 5.41) is 8.95. The van der Waals surface area contributed by atoms with E-state index in [0.29, 0.717) is 16.5 Å². The molecule has 3 aromatic heterocycles. The highest BCUT2D eigenvalue weighted by Crippen LogP contribution is 2.20. The van der Waals surface area contributed by atoms with Crippen LogP contribution in [0.2, 0.25) is 0 Å². The van der Waals surface area contributed by atoms with E-state index in [2.05, 4.69) is 36.3 Å². The Morgan fingerprint density at radius 1 is 1.27 bits per heavy atom. The Morgan fingerprint density at radius 2 is 2.00 bits per heavy atom. The number of halogens is 1. The zero-order chi connectivity index (χ0) is 15.7. The predicted octanol–water partition coefficient (Wildman–Crippen LogP) is 3.36. The highest BCUT2D eigenvalue weighted by Gasteiger charge is 2.10. The lowest BCUT2D eigenvalue weighted by Crippen LogP contribution is -2.12. The number of rotatable bonds is 3. The molecular formula is C14H12BrN5OS. The van der Waals surface area contributed by atoms with E-state index in [1.165, 1.54) is 11.3 Å². The maximum absolute atomic E-state index is 12.0. The smallest absolute Gasteiger partial charge is 0.265 e. The zero-order valence-electron chi connectivity index (χ0n) is 11.9. The Labute approximate surface area is 139 Å². The maximum atomic E-state index is 12.0. The van der Waals surface area contributed by atoms with E-state index in [1.54, 1.807) is 23.1 Å². The van der Waals surface area contributed by atoms with Gasteiger partial charge in [0, 0.05) is 15.5 Å². The van der Waals surface area contributed by atoms with Crippen molar-refractivity contribution < 1.29 is 4.79 Å². The fourth-order valence-electron chi connectivity index (χ4n) is 1.95. The van der Waals surface area contributed by atoms with E-state index < -0.39 is 0 Å². The van der Waals surface area contributed by atoms with Crippen molar-refractivity contribution >= 4 is 38.9 Å². The number of hydrogen-bond donors (Lipinski definition) is 1. The van der Waals surface area contributed by atoms with Crippen molar-refractivity contribution in [3.05, 3.63) is 50.6 Å². The Kier molecular flexibility index (Phi) is 4.04. The summed E-state index contributed by atoms with van der Waals surface area (Å²) in [4.78, 5) is 21.2. The summed E-state index contributed by atoms with van der Waals surface area (Å²) in [5.74, 6) is 0.292. The van der Waals surface area contributed by atoms with Crippen LogP contribution in [0.5, 0.6) is 0 Å². The number of nitrogens with one attached hydrogen (secondary N) is 1. The number of carbonyl (C=O) groups excluding carboxylic acids is 1. The molecule has 22 heavy (non-hydrogen) atoms. The lowest BCUT2D eigenvalue weighted by molar-refractivity contribution is 0.103. The van der Waals surface area contributed by atoms with Crippen LogP contribution in [0.4, 0.5) is 5.69 Å². The number of amides is 1. The third kappa shape index (κ3) is 3.07. The number of carbonyl (C=O) groups is 1. The summed E-state index contributed by atoms with van der Waals surface area (Å²) in [6.45, 7) is 3.85. The van der Waals surface area contributed by atoms with Crippen LogP contribution in [-0.4, -0.2) is 25.7 Å². The van der Waals surface area contributed by atoms with Crippen molar-refractivity contribution in [1.29, 1.82) is 0 Å². The second-order valence-electron chi connectivity index (χ2n) is 4.69. The normalized spacial score (nSPS) is 10.7. The first-order valence-corrected chi connectivity index (χ1v) is 8.11. The van der Waals surface area contributed by atoms with Crippen molar-refractivity contribution in [3.63, 3.8) is 0 Å². The van der Waals surface area contributed by atoms with Crippen LogP contribution in [0.15, 0.2) is 34.4 Å². The summed E-state index contributed by atoms with van der Waals surface area (Å²) in [7, 11) is 0. The van der Waals surface area contributed by atoms with Crippen LogP contribution in [0, 0.1) is 13.8 Å². The number of aryl methyl sites for hydroxylation is 2. The zero-order valence-corrected chi connectivity index (χ0v) is 14.3. The predicted molar refractivity (Wildman–Crippen MR) is 88.6 cm³/mol. The molecule has 0 bridgehead atoms. The molecule has 8 heteroatoms. The Morgan fingerprint density at radius 3 is 2.55 bits per heavy atom. The molecule has 0 unspecified atom stereocenters. The molecule has 0 saturated heterocycles. The minimum absolute atomic E-state index is 0.182. The standard InChI is InChI=1S/C14H12BrN5OS/c1-8-3-9(2)20(19-8)14-16-5-11(6-17-14)18-13(21)12-4-10(15)7-22-12/h3-7H,1-2H3,(H,18,21). The second-order valence-corrected chi connectivity index (χ2v) is 6.52. The fraction of sp³-hybridized carbons (Fsp3) is 0.143. The van der Waals surface area contributed by atoms with Gasteiger partial charge in [0.15, 0.2) is 0 Å². The molecule has 3 heterocycles. The minimum Gasteiger partial charge on any atom is -0.319 e. The van der Waals surface area contributed by atoms with Crippen molar-refractivity contribution in [2.45, 2.75) is 13.8 Å². The van der Waals surface area contributed by atoms with Crippen LogP contribution < -0.4 is 5.32 Å². The van der Waals surface area contributed by atoms with E-state index in [9.17, 15) is 4.79 Å². The quantitative estimate of drug-likeness (QED) is 0.759. The molecular weight excluding hydrogens is 366 g/mol. The van der Waals surface area contributed by atoms with Gasteiger partial charge in [-0.15, -0.1) is 11.3 Å². The Bertz CT molecular complexity index is 824. The van der Waals surface area contributed by atoms with E-state index in [0.717, 1.165) is 15.9 Å². The molecule has 3 rings (SSSR count). The molecule has 0 atom stereocenters. The number of hydrogen-bond acceptors (Lipinski definition) is 5.